The molecule has 1 amide bonds. The molecule has 5 heteroatoms. The number of hydrogen-bond acceptors (Lipinski definition) is 4. The minimum Gasteiger partial charge on any atom is -0.459 e. The maximum absolute atomic E-state index is 12.4. The molecule has 0 spiro atoms. The van der Waals surface area contributed by atoms with Gasteiger partial charge in [0.05, 0.1) is 0 Å². The molecule has 0 saturated heterocycles. The van der Waals surface area contributed by atoms with Gasteiger partial charge in [-0.15, -0.1) is 0 Å². The molecule has 0 aromatic heterocycles. The normalized spacial score (nSPS) is 36.7. The van der Waals surface area contributed by atoms with Crippen LogP contribution in [0.25, 0.3) is 0 Å². The zero-order valence-corrected chi connectivity index (χ0v) is 26.2. The van der Waals surface area contributed by atoms with Gasteiger partial charge in [0, 0.05) is 6.42 Å². The maximum atomic E-state index is 12.4. The molecule has 4 rings (SSSR count). The van der Waals surface area contributed by atoms with Gasteiger partial charge in [0.2, 0.25) is 0 Å². The summed E-state index contributed by atoms with van der Waals surface area (Å²) in [5.41, 5.74) is 1.69. The number of carbonyl (C=O) groups is 2. The van der Waals surface area contributed by atoms with Gasteiger partial charge in [-0.1, -0.05) is 65.5 Å². The van der Waals surface area contributed by atoms with Crippen molar-refractivity contribution in [3.05, 3.63) is 11.6 Å². The highest BCUT2D eigenvalue weighted by molar-refractivity contribution is 5.78. The summed E-state index contributed by atoms with van der Waals surface area (Å²) in [6.07, 6.45) is 15.6. The molecule has 0 bridgehead atoms. The fourth-order valence-electron chi connectivity index (χ4n) is 9.47. The first-order valence-electron chi connectivity index (χ1n) is 16.1. The van der Waals surface area contributed by atoms with Gasteiger partial charge >= 0.3 is 12.1 Å². The number of alkyl carbamates (subject to hydrolysis) is 1. The lowest BCUT2D eigenvalue weighted by atomic mass is 9.47. The summed E-state index contributed by atoms with van der Waals surface area (Å²) >= 11 is 0. The third-order valence-electron chi connectivity index (χ3n) is 11.3. The summed E-state index contributed by atoms with van der Waals surface area (Å²) in [5, 5.41) is 2.58. The molecule has 39 heavy (non-hydrogen) atoms. The monoisotopic (exact) mass is 543 g/mol. The van der Waals surface area contributed by atoms with Crippen molar-refractivity contribution in [2.45, 2.75) is 138 Å². The molecule has 0 aromatic rings. The van der Waals surface area contributed by atoms with Gasteiger partial charge in [-0.05, 0) is 112 Å². The van der Waals surface area contributed by atoms with Crippen LogP contribution in [0.4, 0.5) is 4.79 Å². The molecule has 0 aromatic carbocycles. The molecule has 5 nitrogen and oxygen atoms in total. The first-order chi connectivity index (χ1) is 18.2. The molecule has 0 aliphatic heterocycles. The van der Waals surface area contributed by atoms with Crippen molar-refractivity contribution < 1.29 is 19.1 Å². The fraction of sp³-hybridized carbons (Fsp3) is 0.882. The fourth-order valence-corrected chi connectivity index (χ4v) is 9.47. The second-order valence-corrected chi connectivity index (χ2v) is 15.5. The van der Waals surface area contributed by atoms with Crippen molar-refractivity contribution in [3.8, 4) is 0 Å². The van der Waals surface area contributed by atoms with Crippen LogP contribution in [0.3, 0.4) is 0 Å². The highest BCUT2D eigenvalue weighted by Gasteiger charge is 2.59. The number of nitrogens with one attached hydrogen (secondary N) is 1. The SMILES string of the molecule is CC(C)CCC[C@@H](C)C1CCC2C3CC=C4CC(OC(=O)NCC(=O)OC(C)(C)C)CCC4(C)C3CCC21C. The Morgan fingerprint density at radius 2 is 1.77 bits per heavy atom. The number of fused-ring (bicyclic) bond motifs is 5. The van der Waals surface area contributed by atoms with E-state index < -0.39 is 17.7 Å². The van der Waals surface area contributed by atoms with E-state index in [0.29, 0.717) is 5.41 Å². The largest absolute Gasteiger partial charge is 0.459 e. The third kappa shape index (κ3) is 6.70. The lowest BCUT2D eigenvalue weighted by Crippen LogP contribution is -2.51. The van der Waals surface area contributed by atoms with E-state index in [1.54, 1.807) is 0 Å². The van der Waals surface area contributed by atoms with Crippen molar-refractivity contribution >= 4 is 12.1 Å². The Morgan fingerprint density at radius 1 is 1.03 bits per heavy atom. The number of hydrogen-bond donors (Lipinski definition) is 1. The van der Waals surface area contributed by atoms with Crippen molar-refractivity contribution in [1.29, 1.82) is 0 Å². The lowest BCUT2D eigenvalue weighted by Gasteiger charge is -2.58. The van der Waals surface area contributed by atoms with Gasteiger partial charge in [-0.2, -0.15) is 0 Å². The van der Waals surface area contributed by atoms with Gasteiger partial charge < -0.3 is 14.8 Å². The first-order valence-corrected chi connectivity index (χ1v) is 16.1. The van der Waals surface area contributed by atoms with E-state index in [1.807, 2.05) is 20.8 Å². The predicted octanol–water partition coefficient (Wildman–Crippen LogP) is 8.46. The lowest BCUT2D eigenvalue weighted by molar-refractivity contribution is -0.153. The van der Waals surface area contributed by atoms with Gasteiger partial charge in [0.25, 0.3) is 0 Å². The third-order valence-corrected chi connectivity index (χ3v) is 11.3. The van der Waals surface area contributed by atoms with Crippen molar-refractivity contribution in [1.82, 2.24) is 5.32 Å². The number of allylic oxidation sites excluding steroid dienone is 1. The first kappa shape index (κ1) is 30.4. The summed E-state index contributed by atoms with van der Waals surface area (Å²) in [6, 6.07) is 0. The average Bonchev–Trinajstić information content (AvgIpc) is 3.19. The maximum Gasteiger partial charge on any atom is 0.407 e. The molecule has 8 atom stereocenters. The summed E-state index contributed by atoms with van der Waals surface area (Å²) in [7, 11) is 0. The predicted molar refractivity (Wildman–Crippen MR) is 157 cm³/mol. The van der Waals surface area contributed by atoms with Crippen LogP contribution in [0.2, 0.25) is 0 Å². The van der Waals surface area contributed by atoms with Gasteiger partial charge in [-0.3, -0.25) is 4.79 Å². The summed E-state index contributed by atoms with van der Waals surface area (Å²) in [4.78, 5) is 24.4. The number of amides is 1. The Bertz CT molecular complexity index is 919. The smallest absolute Gasteiger partial charge is 0.407 e. The molecule has 3 saturated carbocycles. The van der Waals surface area contributed by atoms with E-state index >= 15 is 0 Å². The molecule has 0 radical (unpaired) electrons. The van der Waals surface area contributed by atoms with E-state index in [9.17, 15) is 9.59 Å². The number of rotatable bonds is 8. The van der Waals surface area contributed by atoms with Gasteiger partial charge in [0.15, 0.2) is 0 Å². The Hall–Kier alpha value is -1.52. The van der Waals surface area contributed by atoms with E-state index in [2.05, 4.69) is 46.0 Å². The second-order valence-electron chi connectivity index (χ2n) is 15.5. The van der Waals surface area contributed by atoms with Crippen LogP contribution >= 0.6 is 0 Å². The molecule has 1 N–H and O–H groups in total. The topological polar surface area (TPSA) is 64.6 Å². The van der Waals surface area contributed by atoms with E-state index in [-0.39, 0.29) is 18.1 Å². The van der Waals surface area contributed by atoms with Crippen molar-refractivity contribution in [3.63, 3.8) is 0 Å². The summed E-state index contributed by atoms with van der Waals surface area (Å²) < 4.78 is 11.1. The molecular formula is C34H57NO4. The summed E-state index contributed by atoms with van der Waals surface area (Å²) in [6.45, 7) is 17.7. The van der Waals surface area contributed by atoms with Crippen LogP contribution < -0.4 is 5.32 Å². The minimum atomic E-state index is -0.566. The van der Waals surface area contributed by atoms with Gasteiger partial charge in [0.1, 0.15) is 18.2 Å². The van der Waals surface area contributed by atoms with E-state index in [1.165, 1.54) is 56.9 Å². The molecule has 222 valence electrons. The van der Waals surface area contributed by atoms with Crippen LogP contribution in [0.15, 0.2) is 11.6 Å². The number of esters is 1. The van der Waals surface area contributed by atoms with Crippen LogP contribution in [-0.2, 0) is 14.3 Å². The Balaban J connectivity index is 1.34. The Labute approximate surface area is 238 Å². The Morgan fingerprint density at radius 3 is 2.46 bits per heavy atom. The average molecular weight is 544 g/mol. The highest BCUT2D eigenvalue weighted by Crippen LogP contribution is 2.67. The zero-order valence-electron chi connectivity index (χ0n) is 26.2. The quantitative estimate of drug-likeness (QED) is 0.246. The second kappa shape index (κ2) is 11.8. The molecule has 7 unspecified atom stereocenters. The van der Waals surface area contributed by atoms with E-state index in [4.69, 9.17) is 9.47 Å². The number of carbonyl (C=O) groups excluding carboxylic acids is 2. The van der Waals surface area contributed by atoms with Crippen LogP contribution in [-0.4, -0.2) is 30.3 Å². The molecule has 4 aliphatic carbocycles. The minimum absolute atomic E-state index is 0.115. The van der Waals surface area contributed by atoms with E-state index in [0.717, 1.165) is 54.8 Å². The van der Waals surface area contributed by atoms with Crippen LogP contribution in [0, 0.1) is 46.3 Å². The zero-order chi connectivity index (χ0) is 28.6. The van der Waals surface area contributed by atoms with Crippen molar-refractivity contribution in [2.75, 3.05) is 6.54 Å². The highest BCUT2D eigenvalue weighted by atomic mass is 16.6. The van der Waals surface area contributed by atoms with Crippen LogP contribution in [0.5, 0.6) is 0 Å². The Kier molecular flexibility index (Phi) is 9.18. The molecule has 0 heterocycles. The molecular weight excluding hydrogens is 486 g/mol. The van der Waals surface area contributed by atoms with Gasteiger partial charge in [-0.25, -0.2) is 4.79 Å². The standard InChI is InChI=1S/C34H57NO4/c1-22(2)10-9-11-23(3)27-14-15-28-26-13-12-24-20-25(38-31(37)35-21-30(36)39-32(4,5)6)16-18-33(24,7)29(26)17-19-34(27,28)8/h12,22-23,25-29H,9-11,13-21H2,1-8H3,(H,35,37)/t23-,25?,26?,27?,28?,29?,33?,34?/m1/s1. The van der Waals surface area contributed by atoms with Crippen molar-refractivity contribution in [2.24, 2.45) is 46.3 Å². The molecule has 4 aliphatic rings. The van der Waals surface area contributed by atoms with Crippen LogP contribution in [0.1, 0.15) is 126 Å². The summed E-state index contributed by atoms with van der Waals surface area (Å²) in [5.74, 6) is 4.52. The number of ether oxygens (including phenoxy) is 2. The molecule has 3 fully saturated rings.